The summed E-state index contributed by atoms with van der Waals surface area (Å²) in [5.74, 6) is 1.07. The highest BCUT2D eigenvalue weighted by molar-refractivity contribution is 5.38. The van der Waals surface area contributed by atoms with Gasteiger partial charge in [0.2, 0.25) is 0 Å². The summed E-state index contributed by atoms with van der Waals surface area (Å²) in [6.45, 7) is 12.1. The van der Waals surface area contributed by atoms with Crippen LogP contribution in [0.25, 0.3) is 0 Å². The predicted octanol–water partition coefficient (Wildman–Crippen LogP) is 2.91. The molecule has 0 saturated carbocycles. The average molecular weight is 261 g/mol. The van der Waals surface area contributed by atoms with E-state index in [9.17, 15) is 0 Å². The Kier molecular flexibility index (Phi) is 3.93. The number of anilines is 1. The van der Waals surface area contributed by atoms with Gasteiger partial charge in [-0.05, 0) is 34.6 Å². The Morgan fingerprint density at radius 2 is 2.00 bits per heavy atom. The summed E-state index contributed by atoms with van der Waals surface area (Å²) in [5, 5.41) is 12.4. The van der Waals surface area contributed by atoms with E-state index in [4.69, 9.17) is 0 Å². The normalized spacial score (nSPS) is 11.3. The van der Waals surface area contributed by atoms with Gasteiger partial charge in [-0.1, -0.05) is 0 Å². The van der Waals surface area contributed by atoms with Crippen molar-refractivity contribution in [3.63, 3.8) is 0 Å². The largest absolute Gasteiger partial charge is 0.366 e. The first kappa shape index (κ1) is 13.6. The average Bonchev–Trinajstić information content (AvgIpc) is 2.90. The van der Waals surface area contributed by atoms with Crippen molar-refractivity contribution in [2.45, 2.75) is 53.8 Å². The second-order valence-electron chi connectivity index (χ2n) is 5.15. The molecule has 2 aromatic heterocycles. The Labute approximate surface area is 114 Å². The van der Waals surface area contributed by atoms with Gasteiger partial charge in [0.1, 0.15) is 5.82 Å². The van der Waals surface area contributed by atoms with Gasteiger partial charge in [0.15, 0.2) is 0 Å². The van der Waals surface area contributed by atoms with Gasteiger partial charge in [-0.15, -0.1) is 0 Å². The third-order valence-corrected chi connectivity index (χ3v) is 3.21. The first-order chi connectivity index (χ1) is 9.01. The van der Waals surface area contributed by atoms with Crippen LogP contribution in [0.2, 0.25) is 0 Å². The summed E-state index contributed by atoms with van der Waals surface area (Å²) in [5.41, 5.74) is 3.36. The lowest BCUT2D eigenvalue weighted by atomic mass is 10.2. The second-order valence-corrected chi connectivity index (χ2v) is 5.15. The lowest BCUT2D eigenvalue weighted by Gasteiger charge is -2.07. The van der Waals surface area contributed by atoms with Crippen LogP contribution in [-0.4, -0.2) is 19.6 Å². The standard InChI is InChI=1S/C14H23N5/c1-6-18-14(7-11(4)16-18)15-8-13-9-19(10(2)3)17-12(13)5/h7,9-10,15H,6,8H2,1-5H3. The minimum atomic E-state index is 0.399. The Morgan fingerprint density at radius 1 is 1.26 bits per heavy atom. The molecule has 0 fully saturated rings. The molecular formula is C14H23N5. The van der Waals surface area contributed by atoms with Gasteiger partial charge >= 0.3 is 0 Å². The third-order valence-electron chi connectivity index (χ3n) is 3.21. The molecule has 0 radical (unpaired) electrons. The molecule has 0 aliphatic carbocycles. The van der Waals surface area contributed by atoms with Gasteiger partial charge < -0.3 is 5.32 Å². The maximum absolute atomic E-state index is 4.52. The van der Waals surface area contributed by atoms with Crippen LogP contribution in [0.5, 0.6) is 0 Å². The number of hydrogen-bond acceptors (Lipinski definition) is 3. The molecule has 0 bridgehead atoms. The van der Waals surface area contributed by atoms with Crippen molar-refractivity contribution < 1.29 is 0 Å². The van der Waals surface area contributed by atoms with Crippen LogP contribution in [0.1, 0.15) is 43.8 Å². The van der Waals surface area contributed by atoms with Crippen LogP contribution in [0.15, 0.2) is 12.3 Å². The molecule has 104 valence electrons. The van der Waals surface area contributed by atoms with Crippen molar-refractivity contribution in [1.82, 2.24) is 19.6 Å². The molecule has 0 spiro atoms. The van der Waals surface area contributed by atoms with E-state index in [0.717, 1.165) is 30.3 Å². The second kappa shape index (κ2) is 5.47. The zero-order valence-corrected chi connectivity index (χ0v) is 12.4. The van der Waals surface area contributed by atoms with E-state index in [2.05, 4.69) is 55.5 Å². The lowest BCUT2D eigenvalue weighted by molar-refractivity contribution is 0.529. The first-order valence-corrected chi connectivity index (χ1v) is 6.84. The molecular weight excluding hydrogens is 238 g/mol. The van der Waals surface area contributed by atoms with E-state index in [1.165, 1.54) is 5.56 Å². The number of aryl methyl sites for hydroxylation is 3. The summed E-state index contributed by atoms with van der Waals surface area (Å²) < 4.78 is 3.99. The molecule has 5 heteroatoms. The highest BCUT2D eigenvalue weighted by atomic mass is 15.3. The summed E-state index contributed by atoms with van der Waals surface area (Å²) in [4.78, 5) is 0. The molecule has 0 amide bonds. The third kappa shape index (κ3) is 2.97. The number of rotatable bonds is 5. The van der Waals surface area contributed by atoms with Crippen LogP contribution in [0, 0.1) is 13.8 Å². The summed E-state index contributed by atoms with van der Waals surface area (Å²) in [6.07, 6.45) is 2.12. The number of hydrogen-bond donors (Lipinski definition) is 1. The SMILES string of the molecule is CCn1nc(C)cc1NCc1cn(C(C)C)nc1C. The van der Waals surface area contributed by atoms with E-state index >= 15 is 0 Å². The summed E-state index contributed by atoms with van der Waals surface area (Å²) >= 11 is 0. The molecule has 0 saturated heterocycles. The fourth-order valence-corrected chi connectivity index (χ4v) is 2.07. The lowest BCUT2D eigenvalue weighted by Crippen LogP contribution is -2.07. The van der Waals surface area contributed by atoms with Crippen molar-refractivity contribution in [2.75, 3.05) is 5.32 Å². The van der Waals surface area contributed by atoms with Crippen LogP contribution in [0.3, 0.4) is 0 Å². The minimum absolute atomic E-state index is 0.399. The number of nitrogens with zero attached hydrogens (tertiary/aromatic N) is 4. The molecule has 1 N–H and O–H groups in total. The fourth-order valence-electron chi connectivity index (χ4n) is 2.07. The minimum Gasteiger partial charge on any atom is -0.366 e. The van der Waals surface area contributed by atoms with E-state index in [1.54, 1.807) is 0 Å². The maximum Gasteiger partial charge on any atom is 0.124 e. The molecule has 5 nitrogen and oxygen atoms in total. The summed E-state index contributed by atoms with van der Waals surface area (Å²) in [7, 11) is 0. The Bertz CT molecular complexity index is 550. The van der Waals surface area contributed by atoms with Crippen molar-refractivity contribution in [2.24, 2.45) is 0 Å². The van der Waals surface area contributed by atoms with E-state index in [0.29, 0.717) is 6.04 Å². The number of nitrogens with one attached hydrogen (secondary N) is 1. The molecule has 2 rings (SSSR count). The van der Waals surface area contributed by atoms with Gasteiger partial charge in [-0.25, -0.2) is 4.68 Å². The molecule has 19 heavy (non-hydrogen) atoms. The Morgan fingerprint density at radius 3 is 2.58 bits per heavy atom. The van der Waals surface area contributed by atoms with Crippen molar-refractivity contribution >= 4 is 5.82 Å². The van der Waals surface area contributed by atoms with Gasteiger partial charge in [0, 0.05) is 37.0 Å². The van der Waals surface area contributed by atoms with Crippen molar-refractivity contribution in [3.05, 3.63) is 29.2 Å². The van der Waals surface area contributed by atoms with Crippen LogP contribution < -0.4 is 5.32 Å². The smallest absolute Gasteiger partial charge is 0.124 e. The van der Waals surface area contributed by atoms with Gasteiger partial charge in [0.25, 0.3) is 0 Å². The summed E-state index contributed by atoms with van der Waals surface area (Å²) in [6, 6.07) is 2.47. The zero-order valence-electron chi connectivity index (χ0n) is 12.4. The Balaban J connectivity index is 2.09. The van der Waals surface area contributed by atoms with Gasteiger partial charge in [0.05, 0.1) is 11.4 Å². The number of aromatic nitrogens is 4. The fraction of sp³-hybridized carbons (Fsp3) is 0.571. The molecule has 0 aliphatic rings. The van der Waals surface area contributed by atoms with Crippen LogP contribution in [0.4, 0.5) is 5.82 Å². The molecule has 2 heterocycles. The van der Waals surface area contributed by atoms with Crippen LogP contribution >= 0.6 is 0 Å². The quantitative estimate of drug-likeness (QED) is 0.900. The van der Waals surface area contributed by atoms with E-state index in [1.807, 2.05) is 16.3 Å². The predicted molar refractivity (Wildman–Crippen MR) is 77.3 cm³/mol. The van der Waals surface area contributed by atoms with Crippen LogP contribution in [-0.2, 0) is 13.1 Å². The highest BCUT2D eigenvalue weighted by Crippen LogP contribution is 2.15. The zero-order chi connectivity index (χ0) is 14.0. The Hall–Kier alpha value is -1.78. The highest BCUT2D eigenvalue weighted by Gasteiger charge is 2.08. The first-order valence-electron chi connectivity index (χ1n) is 6.84. The topological polar surface area (TPSA) is 47.7 Å². The molecule has 2 aromatic rings. The molecule has 0 aromatic carbocycles. The van der Waals surface area contributed by atoms with E-state index < -0.39 is 0 Å². The molecule has 0 atom stereocenters. The van der Waals surface area contributed by atoms with Crippen molar-refractivity contribution in [3.8, 4) is 0 Å². The van der Waals surface area contributed by atoms with Crippen molar-refractivity contribution in [1.29, 1.82) is 0 Å². The van der Waals surface area contributed by atoms with Gasteiger partial charge in [-0.3, -0.25) is 4.68 Å². The molecule has 0 unspecified atom stereocenters. The van der Waals surface area contributed by atoms with E-state index in [-0.39, 0.29) is 0 Å². The molecule has 0 aliphatic heterocycles. The monoisotopic (exact) mass is 261 g/mol. The van der Waals surface area contributed by atoms with Gasteiger partial charge in [-0.2, -0.15) is 10.2 Å². The maximum atomic E-state index is 4.52.